The summed E-state index contributed by atoms with van der Waals surface area (Å²) in [7, 11) is 0. The maximum atomic E-state index is 5.20. The van der Waals surface area contributed by atoms with E-state index in [4.69, 9.17) is 4.42 Å². The Morgan fingerprint density at radius 2 is 2.25 bits per heavy atom. The largest absolute Gasteiger partial charge is 0.457 e. The average molecular weight is 287 g/mol. The molecule has 1 fully saturated rings. The van der Waals surface area contributed by atoms with Crippen molar-refractivity contribution in [3.63, 3.8) is 0 Å². The van der Waals surface area contributed by atoms with E-state index in [1.165, 1.54) is 31.5 Å². The lowest BCUT2D eigenvalue weighted by atomic mass is 10.2. The molecule has 1 aliphatic rings. The second-order valence-electron chi connectivity index (χ2n) is 4.51. The Morgan fingerprint density at radius 3 is 2.88 bits per heavy atom. The maximum absolute atomic E-state index is 5.20. The second-order valence-corrected chi connectivity index (χ2v) is 5.23. The van der Waals surface area contributed by atoms with E-state index in [-0.39, 0.29) is 0 Å². The Labute approximate surface area is 105 Å². The molecule has 1 aromatic heterocycles. The smallest absolute Gasteiger partial charge is 0.173 e. The van der Waals surface area contributed by atoms with Gasteiger partial charge in [-0.15, -0.1) is 0 Å². The van der Waals surface area contributed by atoms with Crippen molar-refractivity contribution in [2.45, 2.75) is 32.4 Å². The Morgan fingerprint density at radius 1 is 1.50 bits per heavy atom. The molecule has 1 aliphatic heterocycles. The molecule has 0 saturated carbocycles. The highest BCUT2D eigenvalue weighted by molar-refractivity contribution is 9.10. The molecule has 1 saturated heterocycles. The third kappa shape index (κ3) is 3.34. The molecule has 0 bridgehead atoms. The molecule has 0 aromatic carbocycles. The van der Waals surface area contributed by atoms with E-state index in [9.17, 15) is 0 Å². The monoisotopic (exact) mass is 286 g/mol. The fourth-order valence-corrected chi connectivity index (χ4v) is 2.53. The number of nitrogens with zero attached hydrogens (tertiary/aromatic N) is 1. The van der Waals surface area contributed by atoms with Gasteiger partial charge in [-0.2, -0.15) is 0 Å². The van der Waals surface area contributed by atoms with Gasteiger partial charge in [0.15, 0.2) is 4.67 Å². The van der Waals surface area contributed by atoms with Gasteiger partial charge in [0.1, 0.15) is 0 Å². The lowest BCUT2D eigenvalue weighted by Gasteiger charge is -2.21. The van der Waals surface area contributed by atoms with Crippen LogP contribution in [0, 0.1) is 0 Å². The highest BCUT2D eigenvalue weighted by Crippen LogP contribution is 2.17. The van der Waals surface area contributed by atoms with Crippen LogP contribution in [0.25, 0.3) is 0 Å². The first-order chi connectivity index (χ1) is 7.75. The zero-order valence-electron chi connectivity index (χ0n) is 9.71. The average Bonchev–Trinajstić information content (AvgIpc) is 2.87. The van der Waals surface area contributed by atoms with Gasteiger partial charge in [-0.05, 0) is 54.9 Å². The first-order valence-corrected chi connectivity index (χ1v) is 6.72. The number of hydrogen-bond donors (Lipinski definition) is 1. The molecule has 1 unspecified atom stereocenters. The maximum Gasteiger partial charge on any atom is 0.173 e. The van der Waals surface area contributed by atoms with E-state index in [2.05, 4.69) is 33.1 Å². The van der Waals surface area contributed by atoms with Crippen LogP contribution in [0.2, 0.25) is 0 Å². The van der Waals surface area contributed by atoms with Crippen LogP contribution in [0.15, 0.2) is 21.4 Å². The molecule has 0 spiro atoms. The number of hydrogen-bond acceptors (Lipinski definition) is 3. The lowest BCUT2D eigenvalue weighted by Crippen LogP contribution is -2.37. The van der Waals surface area contributed by atoms with Gasteiger partial charge in [0.25, 0.3) is 0 Å². The summed E-state index contributed by atoms with van der Waals surface area (Å²) >= 11 is 3.39. The summed E-state index contributed by atoms with van der Waals surface area (Å²) in [6, 6.07) is 2.53. The van der Waals surface area contributed by atoms with Crippen LogP contribution in [0.4, 0.5) is 0 Å². The molecule has 0 radical (unpaired) electrons. The minimum absolute atomic E-state index is 0.528. The van der Waals surface area contributed by atoms with Crippen molar-refractivity contribution in [2.75, 3.05) is 19.6 Å². The Hall–Kier alpha value is -0.320. The van der Waals surface area contributed by atoms with Crippen LogP contribution >= 0.6 is 15.9 Å². The van der Waals surface area contributed by atoms with Gasteiger partial charge in [-0.25, -0.2) is 0 Å². The summed E-state index contributed by atoms with van der Waals surface area (Å²) in [5.74, 6) is 0. The fourth-order valence-electron chi connectivity index (χ4n) is 2.15. The quantitative estimate of drug-likeness (QED) is 0.902. The van der Waals surface area contributed by atoms with E-state index in [1.54, 1.807) is 6.26 Å². The molecule has 4 heteroatoms. The summed E-state index contributed by atoms with van der Waals surface area (Å²) in [6.07, 6.45) is 4.44. The zero-order valence-corrected chi connectivity index (χ0v) is 11.3. The highest BCUT2D eigenvalue weighted by atomic mass is 79.9. The zero-order chi connectivity index (χ0) is 11.4. The van der Waals surface area contributed by atoms with Crippen molar-refractivity contribution in [2.24, 2.45) is 0 Å². The minimum Gasteiger partial charge on any atom is -0.457 e. The SMILES string of the molecule is CC(CN1CCCC1)NCc1ccoc1Br. The molecule has 1 N–H and O–H groups in total. The molecule has 2 heterocycles. The van der Waals surface area contributed by atoms with Crippen LogP contribution in [0.1, 0.15) is 25.3 Å². The first kappa shape index (κ1) is 12.1. The molecule has 1 atom stereocenters. The molecular formula is C12H19BrN2O. The Balaban J connectivity index is 1.71. The molecule has 2 rings (SSSR count). The number of halogens is 1. The van der Waals surface area contributed by atoms with Gasteiger partial charge in [0, 0.05) is 24.7 Å². The molecular weight excluding hydrogens is 268 g/mol. The topological polar surface area (TPSA) is 28.4 Å². The van der Waals surface area contributed by atoms with Gasteiger partial charge < -0.3 is 14.6 Å². The van der Waals surface area contributed by atoms with Crippen molar-refractivity contribution in [3.8, 4) is 0 Å². The second kappa shape index (κ2) is 5.84. The number of rotatable bonds is 5. The van der Waals surface area contributed by atoms with Crippen LogP contribution < -0.4 is 5.32 Å². The summed E-state index contributed by atoms with van der Waals surface area (Å²) in [5, 5.41) is 3.52. The summed E-state index contributed by atoms with van der Waals surface area (Å²) in [5.41, 5.74) is 1.19. The van der Waals surface area contributed by atoms with E-state index in [0.29, 0.717) is 6.04 Å². The van der Waals surface area contributed by atoms with Crippen LogP contribution in [0.5, 0.6) is 0 Å². The summed E-state index contributed by atoms with van der Waals surface area (Å²) < 4.78 is 6.04. The van der Waals surface area contributed by atoms with E-state index >= 15 is 0 Å². The van der Waals surface area contributed by atoms with Crippen molar-refractivity contribution in [1.82, 2.24) is 10.2 Å². The van der Waals surface area contributed by atoms with Gasteiger partial charge in [0.05, 0.1) is 6.26 Å². The molecule has 0 aliphatic carbocycles. The molecule has 0 amide bonds. The Bertz CT molecular complexity index is 321. The van der Waals surface area contributed by atoms with E-state index in [0.717, 1.165) is 17.8 Å². The lowest BCUT2D eigenvalue weighted by molar-refractivity contribution is 0.298. The van der Waals surface area contributed by atoms with Gasteiger partial charge in [0.2, 0.25) is 0 Å². The van der Waals surface area contributed by atoms with Crippen LogP contribution in [0.3, 0.4) is 0 Å². The number of furan rings is 1. The molecule has 90 valence electrons. The minimum atomic E-state index is 0.528. The fraction of sp³-hybridized carbons (Fsp3) is 0.667. The van der Waals surface area contributed by atoms with E-state index < -0.39 is 0 Å². The number of likely N-dealkylation sites (tertiary alicyclic amines) is 1. The Kier molecular flexibility index (Phi) is 4.44. The normalized spacial score (nSPS) is 19.1. The van der Waals surface area contributed by atoms with Crippen LogP contribution in [-0.4, -0.2) is 30.6 Å². The van der Waals surface area contributed by atoms with Gasteiger partial charge >= 0.3 is 0 Å². The van der Waals surface area contributed by atoms with Crippen LogP contribution in [-0.2, 0) is 6.54 Å². The molecule has 1 aromatic rings. The van der Waals surface area contributed by atoms with Crippen molar-refractivity contribution >= 4 is 15.9 Å². The van der Waals surface area contributed by atoms with Crippen molar-refractivity contribution < 1.29 is 4.42 Å². The molecule has 16 heavy (non-hydrogen) atoms. The van der Waals surface area contributed by atoms with Gasteiger partial charge in [-0.3, -0.25) is 0 Å². The third-order valence-corrected chi connectivity index (χ3v) is 3.76. The predicted molar refractivity (Wildman–Crippen MR) is 68.4 cm³/mol. The van der Waals surface area contributed by atoms with E-state index in [1.807, 2.05) is 6.07 Å². The highest BCUT2D eigenvalue weighted by Gasteiger charge is 2.14. The molecule has 3 nitrogen and oxygen atoms in total. The van der Waals surface area contributed by atoms with Crippen molar-refractivity contribution in [3.05, 3.63) is 22.6 Å². The number of nitrogens with one attached hydrogen (secondary N) is 1. The standard InChI is InChI=1S/C12H19BrN2O/c1-10(9-15-5-2-3-6-15)14-8-11-4-7-16-12(11)13/h4,7,10,14H,2-3,5-6,8-9H2,1H3. The third-order valence-electron chi connectivity index (χ3n) is 3.06. The van der Waals surface area contributed by atoms with Gasteiger partial charge in [-0.1, -0.05) is 0 Å². The summed E-state index contributed by atoms with van der Waals surface area (Å²) in [4.78, 5) is 2.53. The first-order valence-electron chi connectivity index (χ1n) is 5.93. The predicted octanol–water partition coefficient (Wildman–Crippen LogP) is 2.62. The van der Waals surface area contributed by atoms with Crippen molar-refractivity contribution in [1.29, 1.82) is 0 Å². The summed E-state index contributed by atoms with van der Waals surface area (Å²) in [6.45, 7) is 6.79.